The lowest BCUT2D eigenvalue weighted by molar-refractivity contribution is -0.131. The van der Waals surface area contributed by atoms with E-state index < -0.39 is 17.5 Å². The normalized spacial score (nSPS) is 16.1. The van der Waals surface area contributed by atoms with E-state index in [-0.39, 0.29) is 59.2 Å². The predicted molar refractivity (Wildman–Crippen MR) is 178 cm³/mol. The van der Waals surface area contributed by atoms with Crippen LogP contribution in [-0.4, -0.2) is 61.5 Å². The van der Waals surface area contributed by atoms with Crippen LogP contribution in [0.15, 0.2) is 60.8 Å². The summed E-state index contributed by atoms with van der Waals surface area (Å²) in [5.41, 5.74) is 3.77. The molecule has 0 saturated heterocycles. The number of benzene rings is 1. The van der Waals surface area contributed by atoms with E-state index in [2.05, 4.69) is 11.6 Å². The van der Waals surface area contributed by atoms with Crippen LogP contribution >= 0.6 is 11.3 Å². The van der Waals surface area contributed by atoms with Crippen molar-refractivity contribution in [3.63, 3.8) is 0 Å². The number of aromatic nitrogens is 5. The van der Waals surface area contributed by atoms with Crippen molar-refractivity contribution in [1.82, 2.24) is 29.2 Å². The molecule has 246 valence electrons. The average Bonchev–Trinajstić information content (AvgIpc) is 3.77. The molecule has 0 unspecified atom stereocenters. The van der Waals surface area contributed by atoms with Crippen LogP contribution in [0.1, 0.15) is 25.6 Å². The second-order valence-electron chi connectivity index (χ2n) is 11.7. The number of methoxy groups -OCH3 is 1. The number of carbonyl (C=O) groups excluding carboxylic acids is 1. The van der Waals surface area contributed by atoms with E-state index in [1.807, 2.05) is 43.8 Å². The van der Waals surface area contributed by atoms with Gasteiger partial charge >= 0.3 is 0 Å². The number of hydrogen-bond donors (Lipinski definition) is 0. The van der Waals surface area contributed by atoms with Gasteiger partial charge in [-0.25, -0.2) is 18.2 Å². The molecule has 1 aliphatic heterocycles. The Morgan fingerprint density at radius 3 is 2.69 bits per heavy atom. The third-order valence-corrected chi connectivity index (χ3v) is 9.69. The molecule has 1 aromatic carbocycles. The Morgan fingerprint density at radius 2 is 1.92 bits per heavy atom. The van der Waals surface area contributed by atoms with Crippen LogP contribution in [0.5, 0.6) is 5.75 Å². The number of carbonyl (C=O) groups is 1. The molecule has 6 heterocycles. The molecule has 2 atom stereocenters. The van der Waals surface area contributed by atoms with Gasteiger partial charge in [0, 0.05) is 66.6 Å². The van der Waals surface area contributed by atoms with E-state index in [1.54, 1.807) is 21.8 Å². The van der Waals surface area contributed by atoms with Crippen molar-refractivity contribution in [2.75, 3.05) is 20.3 Å². The maximum Gasteiger partial charge on any atom is 0.246 e. The number of hydrogen-bond acceptors (Lipinski definition) is 7. The van der Waals surface area contributed by atoms with Gasteiger partial charge in [0.25, 0.3) is 0 Å². The highest BCUT2D eigenvalue weighted by molar-refractivity contribution is 7.17. The molecule has 9 nitrogen and oxygen atoms in total. The van der Waals surface area contributed by atoms with Crippen LogP contribution < -0.4 is 4.74 Å². The number of nitrogens with zero attached hydrogens (tertiary/aromatic N) is 6. The molecule has 0 N–H and O–H groups in total. The first-order valence-corrected chi connectivity index (χ1v) is 16.1. The van der Waals surface area contributed by atoms with Crippen LogP contribution in [-0.2, 0) is 23.1 Å². The van der Waals surface area contributed by atoms with Crippen LogP contribution in [0.4, 0.5) is 13.2 Å². The highest BCUT2D eigenvalue weighted by Crippen LogP contribution is 2.48. The van der Waals surface area contributed by atoms with Crippen molar-refractivity contribution >= 4 is 38.4 Å². The minimum absolute atomic E-state index is 0.00774. The summed E-state index contributed by atoms with van der Waals surface area (Å²) in [5.74, 6) is -2.77. The molecule has 5 aromatic heterocycles. The fraction of sp³-hybridized carbons (Fsp3) is 0.257. The lowest BCUT2D eigenvalue weighted by atomic mass is 9.95. The first-order chi connectivity index (χ1) is 23.1. The molecule has 0 fully saturated rings. The molecule has 0 saturated carbocycles. The van der Waals surface area contributed by atoms with E-state index >= 15 is 8.78 Å². The summed E-state index contributed by atoms with van der Waals surface area (Å²) in [6, 6.07) is 6.80. The quantitative estimate of drug-likeness (QED) is 0.125. The molecule has 1 aliphatic rings. The van der Waals surface area contributed by atoms with Gasteiger partial charge in [-0.3, -0.25) is 14.5 Å². The highest BCUT2D eigenvalue weighted by Gasteiger charge is 2.35. The largest absolute Gasteiger partial charge is 0.490 e. The summed E-state index contributed by atoms with van der Waals surface area (Å²) < 4.78 is 62.0. The number of rotatable bonds is 8. The molecular weight excluding hydrogens is 641 g/mol. The Balaban J connectivity index is 1.54. The molecule has 7 rings (SSSR count). The average molecular weight is 673 g/mol. The molecule has 0 aliphatic carbocycles. The number of aryl methyl sites for hydroxylation is 1. The van der Waals surface area contributed by atoms with Crippen molar-refractivity contribution in [1.29, 1.82) is 0 Å². The maximum atomic E-state index is 16.1. The number of fused-ring (bicyclic) bond motifs is 3. The standard InChI is InChI=1S/C35H31F3N6O3S/c1-6-29(45)44-18(2)16-43-26(19(44)3)14-25(41-43)34-32(30-22(37)12-21(36)13-28(30)47-10-9-46-5)31-23(38)17-48-35(31)33(40-34)20-11-27-24(39-15-20)7-8-42(27)4/h6-8,11-15,17-19H,1,9-10,16H2,2-5H3/t18-,19+/m1/s1. The van der Waals surface area contributed by atoms with Crippen molar-refractivity contribution < 1.29 is 27.4 Å². The van der Waals surface area contributed by atoms with E-state index in [4.69, 9.17) is 19.6 Å². The number of amides is 1. The zero-order valence-electron chi connectivity index (χ0n) is 26.6. The Labute approximate surface area is 277 Å². The van der Waals surface area contributed by atoms with Crippen LogP contribution in [0.3, 0.4) is 0 Å². The van der Waals surface area contributed by atoms with Gasteiger partial charge in [0.1, 0.15) is 41.2 Å². The fourth-order valence-corrected chi connectivity index (χ4v) is 7.45. The summed E-state index contributed by atoms with van der Waals surface area (Å²) in [7, 11) is 3.38. The van der Waals surface area contributed by atoms with Crippen molar-refractivity contribution in [2.45, 2.75) is 32.5 Å². The third-order valence-electron chi connectivity index (χ3n) is 8.73. The van der Waals surface area contributed by atoms with Gasteiger partial charge in [0.15, 0.2) is 0 Å². The molecular formula is C35H31F3N6O3S. The summed E-state index contributed by atoms with van der Waals surface area (Å²) in [5, 5.41) is 6.31. The van der Waals surface area contributed by atoms with E-state index in [0.29, 0.717) is 33.9 Å². The topological polar surface area (TPSA) is 87.3 Å². The Morgan fingerprint density at radius 1 is 1.10 bits per heavy atom. The van der Waals surface area contributed by atoms with Crippen molar-refractivity contribution in [3.05, 3.63) is 83.9 Å². The molecule has 0 bridgehead atoms. The Hall–Kier alpha value is -5.01. The molecule has 1 amide bonds. The van der Waals surface area contributed by atoms with Gasteiger partial charge in [-0.05, 0) is 38.1 Å². The van der Waals surface area contributed by atoms with Gasteiger partial charge in [0.05, 0.1) is 51.9 Å². The van der Waals surface area contributed by atoms with E-state index in [0.717, 1.165) is 34.5 Å². The zero-order valence-corrected chi connectivity index (χ0v) is 27.4. The monoisotopic (exact) mass is 672 g/mol. The van der Waals surface area contributed by atoms with Gasteiger partial charge in [-0.2, -0.15) is 5.10 Å². The first-order valence-electron chi connectivity index (χ1n) is 15.3. The lowest BCUT2D eigenvalue weighted by Gasteiger charge is -2.38. The van der Waals surface area contributed by atoms with E-state index in [1.165, 1.54) is 18.6 Å². The summed E-state index contributed by atoms with van der Waals surface area (Å²) in [4.78, 5) is 24.2. The Kier molecular flexibility index (Phi) is 8.04. The van der Waals surface area contributed by atoms with Crippen LogP contribution in [0, 0.1) is 17.5 Å². The molecule has 6 aromatic rings. The number of thiophene rings is 1. The van der Waals surface area contributed by atoms with Crippen molar-refractivity contribution in [2.24, 2.45) is 7.05 Å². The van der Waals surface area contributed by atoms with Crippen LogP contribution in [0.2, 0.25) is 0 Å². The molecule has 48 heavy (non-hydrogen) atoms. The fourth-order valence-electron chi connectivity index (χ4n) is 6.52. The van der Waals surface area contributed by atoms with Gasteiger partial charge in [-0.1, -0.05) is 6.58 Å². The third kappa shape index (κ3) is 5.13. The SMILES string of the molecule is C=CC(=O)N1[C@H](C)Cn2nc(-c3nc(-c4cnc5ccn(C)c5c4)c4scc(F)c4c3-c3c(F)cc(F)cc3OCCOC)cc2[C@@H]1C. The summed E-state index contributed by atoms with van der Waals surface area (Å²) >= 11 is 1.12. The molecule has 13 heteroatoms. The molecule has 0 radical (unpaired) electrons. The lowest BCUT2D eigenvalue weighted by Crippen LogP contribution is -2.46. The number of halogens is 3. The van der Waals surface area contributed by atoms with Crippen molar-refractivity contribution in [3.8, 4) is 39.5 Å². The van der Waals surface area contributed by atoms with E-state index in [9.17, 15) is 9.18 Å². The highest BCUT2D eigenvalue weighted by atomic mass is 32.1. The smallest absolute Gasteiger partial charge is 0.246 e. The van der Waals surface area contributed by atoms with Crippen LogP contribution in [0.25, 0.3) is 54.9 Å². The molecule has 0 spiro atoms. The minimum Gasteiger partial charge on any atom is -0.490 e. The first kappa shape index (κ1) is 31.6. The second-order valence-corrected chi connectivity index (χ2v) is 12.6. The van der Waals surface area contributed by atoms with Gasteiger partial charge in [-0.15, -0.1) is 11.3 Å². The predicted octanol–water partition coefficient (Wildman–Crippen LogP) is 7.30. The number of ether oxygens (including phenoxy) is 2. The minimum atomic E-state index is -0.953. The van der Waals surface area contributed by atoms with Gasteiger partial charge < -0.3 is 18.9 Å². The van der Waals surface area contributed by atoms with Gasteiger partial charge in [0.2, 0.25) is 5.91 Å². The number of pyridine rings is 2. The summed E-state index contributed by atoms with van der Waals surface area (Å²) in [6.45, 7) is 7.98. The Bertz CT molecular complexity index is 2240. The maximum absolute atomic E-state index is 16.1. The summed E-state index contributed by atoms with van der Waals surface area (Å²) in [6.07, 6.45) is 4.84. The second kappa shape index (κ2) is 12.2. The zero-order chi connectivity index (χ0) is 33.9.